The zero-order valence-corrected chi connectivity index (χ0v) is 25.7. The topological polar surface area (TPSA) is 27.1 Å². The number of aromatic nitrogens is 2. The van der Waals surface area contributed by atoms with Gasteiger partial charge in [0.25, 0.3) is 0 Å². The van der Waals surface area contributed by atoms with Crippen molar-refractivity contribution >= 4 is 44.0 Å². The third kappa shape index (κ3) is 4.03. The summed E-state index contributed by atoms with van der Waals surface area (Å²) in [6, 6.07) is 43.3. The van der Waals surface area contributed by atoms with Gasteiger partial charge in [0.05, 0.1) is 33.9 Å². The van der Waals surface area contributed by atoms with E-state index in [0.29, 0.717) is 0 Å². The molecule has 3 aliphatic rings. The molecule has 2 aromatic heterocycles. The minimum Gasteiger partial charge on any atom is -0.458 e. The van der Waals surface area contributed by atoms with Gasteiger partial charge >= 0.3 is 0 Å². The third-order valence-electron chi connectivity index (χ3n) is 9.90. The monoisotopic (exact) mass is 602 g/mol. The van der Waals surface area contributed by atoms with Gasteiger partial charge in [0.1, 0.15) is 11.5 Å². The van der Waals surface area contributed by atoms with E-state index < -0.39 is 0 Å². The fourth-order valence-electron chi connectivity index (χ4n) is 7.74. The average Bonchev–Trinajstić information content (AvgIpc) is 3.82. The number of hydrogen-bond acceptors (Lipinski definition) is 2. The van der Waals surface area contributed by atoms with E-state index in [1.165, 1.54) is 49.6 Å². The normalized spacial score (nSPS) is 16.6. The SMILES string of the molecule is C1=CC(c2ccc3c4ccccc4n(C4=C5Oc6cccc(-c7cc(-c8ccccc8)nc8ccccc78)c6C5C=C4)c3c2)=CCC1. The molecular formula is C44H30N2O. The molecule has 2 aliphatic carbocycles. The highest BCUT2D eigenvalue weighted by molar-refractivity contribution is 6.11. The summed E-state index contributed by atoms with van der Waals surface area (Å²) in [5.41, 5.74) is 12.7. The van der Waals surface area contributed by atoms with Crippen molar-refractivity contribution in [3.8, 4) is 28.1 Å². The minimum absolute atomic E-state index is 0.0201. The molecule has 10 rings (SSSR count). The Bertz CT molecular complexity index is 2540. The number of nitrogens with zero attached hydrogens (tertiary/aromatic N) is 2. The number of para-hydroxylation sites is 2. The quantitative estimate of drug-likeness (QED) is 0.200. The van der Waals surface area contributed by atoms with Crippen LogP contribution in [0.4, 0.5) is 0 Å². The molecule has 3 heterocycles. The summed E-state index contributed by atoms with van der Waals surface area (Å²) in [6.45, 7) is 0. The van der Waals surface area contributed by atoms with Crippen LogP contribution in [0.1, 0.15) is 29.9 Å². The highest BCUT2D eigenvalue weighted by Gasteiger charge is 2.37. The maximum atomic E-state index is 6.86. The number of ether oxygens (including phenoxy) is 1. The number of fused-ring (bicyclic) bond motifs is 7. The van der Waals surface area contributed by atoms with Crippen LogP contribution in [-0.4, -0.2) is 9.55 Å². The Morgan fingerprint density at radius 2 is 1.47 bits per heavy atom. The lowest BCUT2D eigenvalue weighted by molar-refractivity contribution is 0.442. The predicted octanol–water partition coefficient (Wildman–Crippen LogP) is 11.3. The number of pyridine rings is 1. The van der Waals surface area contributed by atoms with Crippen molar-refractivity contribution in [2.75, 3.05) is 0 Å². The Kier molecular flexibility index (Phi) is 5.76. The minimum atomic E-state index is 0.0201. The summed E-state index contributed by atoms with van der Waals surface area (Å²) in [7, 11) is 0. The molecule has 5 aromatic carbocycles. The molecule has 0 bridgehead atoms. The van der Waals surface area contributed by atoms with Gasteiger partial charge in [0.2, 0.25) is 0 Å². The van der Waals surface area contributed by atoms with E-state index in [9.17, 15) is 0 Å². The van der Waals surface area contributed by atoms with Crippen LogP contribution in [0.15, 0.2) is 157 Å². The van der Waals surface area contributed by atoms with Gasteiger partial charge in [-0.15, -0.1) is 0 Å². The van der Waals surface area contributed by atoms with Crippen molar-refractivity contribution in [1.82, 2.24) is 9.55 Å². The second-order valence-electron chi connectivity index (χ2n) is 12.6. The van der Waals surface area contributed by atoms with Crippen molar-refractivity contribution in [2.45, 2.75) is 18.8 Å². The van der Waals surface area contributed by atoms with Crippen LogP contribution in [0.25, 0.3) is 66.4 Å². The molecule has 0 radical (unpaired) electrons. The fraction of sp³-hybridized carbons (Fsp3) is 0.0682. The molecule has 7 aromatic rings. The van der Waals surface area contributed by atoms with Crippen molar-refractivity contribution in [2.24, 2.45) is 0 Å². The van der Waals surface area contributed by atoms with Crippen LogP contribution in [0.5, 0.6) is 5.75 Å². The molecule has 0 N–H and O–H groups in total. The first-order chi connectivity index (χ1) is 23.3. The van der Waals surface area contributed by atoms with Crippen LogP contribution < -0.4 is 4.74 Å². The summed E-state index contributed by atoms with van der Waals surface area (Å²) in [6.07, 6.45) is 13.7. The first-order valence-corrected chi connectivity index (χ1v) is 16.4. The van der Waals surface area contributed by atoms with Crippen molar-refractivity contribution in [3.63, 3.8) is 0 Å². The van der Waals surface area contributed by atoms with E-state index in [0.717, 1.165) is 52.2 Å². The number of rotatable bonds is 4. The molecule has 3 nitrogen and oxygen atoms in total. The predicted molar refractivity (Wildman–Crippen MR) is 194 cm³/mol. The summed E-state index contributed by atoms with van der Waals surface area (Å²) in [5, 5.41) is 3.64. The zero-order valence-electron chi connectivity index (χ0n) is 25.7. The average molecular weight is 603 g/mol. The van der Waals surface area contributed by atoms with Gasteiger partial charge in [-0.25, -0.2) is 4.98 Å². The highest BCUT2D eigenvalue weighted by atomic mass is 16.5. The molecule has 0 fully saturated rings. The molecule has 1 aliphatic heterocycles. The van der Waals surface area contributed by atoms with Gasteiger partial charge in [-0.1, -0.05) is 115 Å². The van der Waals surface area contributed by atoms with Crippen LogP contribution in [-0.2, 0) is 0 Å². The van der Waals surface area contributed by atoms with Gasteiger partial charge in [0, 0.05) is 27.3 Å². The first-order valence-electron chi connectivity index (χ1n) is 16.4. The van der Waals surface area contributed by atoms with Crippen LogP contribution in [0.3, 0.4) is 0 Å². The smallest absolute Gasteiger partial charge is 0.139 e. The second-order valence-corrected chi connectivity index (χ2v) is 12.6. The maximum absolute atomic E-state index is 6.86. The van der Waals surface area contributed by atoms with Crippen LogP contribution >= 0.6 is 0 Å². The van der Waals surface area contributed by atoms with Crippen molar-refractivity contribution < 1.29 is 4.74 Å². The number of allylic oxidation sites excluding steroid dienone is 7. The lowest BCUT2D eigenvalue weighted by atomic mass is 9.89. The molecular weight excluding hydrogens is 572 g/mol. The van der Waals surface area contributed by atoms with E-state index in [1.807, 2.05) is 6.07 Å². The zero-order chi connectivity index (χ0) is 30.9. The Morgan fingerprint density at radius 3 is 2.36 bits per heavy atom. The lowest BCUT2D eigenvalue weighted by Crippen LogP contribution is -2.01. The third-order valence-corrected chi connectivity index (χ3v) is 9.90. The number of hydrogen-bond donors (Lipinski definition) is 0. The summed E-state index contributed by atoms with van der Waals surface area (Å²) >= 11 is 0. The van der Waals surface area contributed by atoms with Gasteiger partial charge < -0.3 is 9.30 Å². The second kappa shape index (κ2) is 10.3. The molecule has 222 valence electrons. The molecule has 0 amide bonds. The van der Waals surface area contributed by atoms with E-state index in [2.05, 4.69) is 150 Å². The van der Waals surface area contributed by atoms with Gasteiger partial charge in [-0.3, -0.25) is 0 Å². The fourth-order valence-corrected chi connectivity index (χ4v) is 7.74. The Balaban J connectivity index is 1.17. The van der Waals surface area contributed by atoms with E-state index in [4.69, 9.17) is 9.72 Å². The Morgan fingerprint density at radius 1 is 0.638 bits per heavy atom. The molecule has 0 spiro atoms. The standard InChI is InChI=1S/C44H30N2O/c1-3-12-28(13-4-1)30-22-23-33-32-17-8-10-20-39(32)46(41(33)26-30)40-25-24-35-43-34(18-11-21-42(43)47-44(35)40)36-27-38(29-14-5-2-6-15-29)45-37-19-9-7-16-31(36)37/h2-3,5-27,35H,1,4H2. The Hall–Kier alpha value is -5.93. The van der Waals surface area contributed by atoms with Crippen LogP contribution in [0.2, 0.25) is 0 Å². The van der Waals surface area contributed by atoms with Crippen molar-refractivity contribution in [1.29, 1.82) is 0 Å². The van der Waals surface area contributed by atoms with Crippen LogP contribution in [0, 0.1) is 0 Å². The largest absolute Gasteiger partial charge is 0.458 e. The summed E-state index contributed by atoms with van der Waals surface area (Å²) in [5.74, 6) is 1.93. The van der Waals surface area contributed by atoms with Gasteiger partial charge in [0.15, 0.2) is 0 Å². The first kappa shape index (κ1) is 26.3. The van der Waals surface area contributed by atoms with Crippen molar-refractivity contribution in [3.05, 3.63) is 169 Å². The molecule has 3 heteroatoms. The Labute approximate surface area is 273 Å². The maximum Gasteiger partial charge on any atom is 0.139 e. The van der Waals surface area contributed by atoms with E-state index >= 15 is 0 Å². The molecule has 47 heavy (non-hydrogen) atoms. The summed E-state index contributed by atoms with van der Waals surface area (Å²) < 4.78 is 9.27. The summed E-state index contributed by atoms with van der Waals surface area (Å²) in [4.78, 5) is 5.07. The highest BCUT2D eigenvalue weighted by Crippen LogP contribution is 2.52. The van der Waals surface area contributed by atoms with Gasteiger partial charge in [-0.05, 0) is 71.5 Å². The lowest BCUT2D eigenvalue weighted by Gasteiger charge is -2.14. The molecule has 1 atom stereocenters. The van der Waals surface area contributed by atoms with Gasteiger partial charge in [-0.2, -0.15) is 0 Å². The van der Waals surface area contributed by atoms with E-state index in [1.54, 1.807) is 0 Å². The molecule has 0 saturated carbocycles. The molecule has 1 unspecified atom stereocenters. The number of benzene rings is 5. The van der Waals surface area contributed by atoms with E-state index in [-0.39, 0.29) is 5.92 Å². The molecule has 0 saturated heterocycles.